The molecule has 6 nitrogen and oxygen atoms in total. The summed E-state index contributed by atoms with van der Waals surface area (Å²) < 4.78 is 5.44. The maximum Gasteiger partial charge on any atom is 0.264 e. The molecule has 0 radical (unpaired) electrons. The number of nitrogens with one attached hydrogen (secondary N) is 1. The van der Waals surface area contributed by atoms with Crippen molar-refractivity contribution >= 4 is 29.3 Å². The third kappa shape index (κ3) is 4.61. The molecule has 3 rings (SSSR count). The van der Waals surface area contributed by atoms with E-state index in [0.717, 1.165) is 5.56 Å². The van der Waals surface area contributed by atoms with E-state index in [1.54, 1.807) is 31.2 Å². The minimum Gasteiger partial charge on any atom is -0.494 e. The topological polar surface area (TPSA) is 82.4 Å². The largest absolute Gasteiger partial charge is 0.494 e. The van der Waals surface area contributed by atoms with Gasteiger partial charge in [-0.2, -0.15) is 5.26 Å². The Morgan fingerprint density at radius 2 is 1.90 bits per heavy atom. The van der Waals surface area contributed by atoms with Crippen LogP contribution in [0.3, 0.4) is 0 Å². The first-order chi connectivity index (χ1) is 14.0. The summed E-state index contributed by atoms with van der Waals surface area (Å²) in [6.07, 6.45) is 0. The number of carbonyl (C=O) groups excluding carboxylic acids is 2. The Balaban J connectivity index is 1.88. The predicted octanol–water partition coefficient (Wildman–Crippen LogP) is 3.61. The van der Waals surface area contributed by atoms with Crippen LogP contribution < -0.4 is 15.0 Å². The molecule has 1 saturated heterocycles. The van der Waals surface area contributed by atoms with Crippen molar-refractivity contribution in [1.82, 2.24) is 5.32 Å². The van der Waals surface area contributed by atoms with Crippen LogP contribution >= 0.6 is 11.8 Å². The SMILES string of the molecule is CCOc1ccc(N2C(=O)C(C)S/C2=C(/C#N)C(=O)NCc2ccccc2)cc1. The molecule has 0 aromatic heterocycles. The third-order valence-corrected chi connectivity index (χ3v) is 5.48. The van der Waals surface area contributed by atoms with Crippen LogP contribution in [0, 0.1) is 11.3 Å². The molecule has 29 heavy (non-hydrogen) atoms. The fourth-order valence-electron chi connectivity index (χ4n) is 2.89. The Hall–Kier alpha value is -3.24. The van der Waals surface area contributed by atoms with Gasteiger partial charge in [-0.05, 0) is 43.7 Å². The lowest BCUT2D eigenvalue weighted by Crippen LogP contribution is -2.30. The Labute approximate surface area is 174 Å². The van der Waals surface area contributed by atoms with Crippen LogP contribution in [0.1, 0.15) is 19.4 Å². The van der Waals surface area contributed by atoms with Crippen LogP contribution in [0.25, 0.3) is 0 Å². The molecule has 1 heterocycles. The van der Waals surface area contributed by atoms with Crippen LogP contribution in [0.4, 0.5) is 5.69 Å². The normalized spacial score (nSPS) is 17.6. The van der Waals surface area contributed by atoms with E-state index < -0.39 is 5.91 Å². The highest BCUT2D eigenvalue weighted by molar-refractivity contribution is 8.05. The number of amides is 2. The van der Waals surface area contributed by atoms with Gasteiger partial charge >= 0.3 is 0 Å². The number of ether oxygens (including phenoxy) is 1. The van der Waals surface area contributed by atoms with Gasteiger partial charge in [0.2, 0.25) is 5.91 Å². The van der Waals surface area contributed by atoms with Crippen molar-refractivity contribution in [3.05, 3.63) is 70.8 Å². The molecule has 0 spiro atoms. The van der Waals surface area contributed by atoms with Crippen molar-refractivity contribution in [1.29, 1.82) is 5.26 Å². The summed E-state index contributed by atoms with van der Waals surface area (Å²) in [6.45, 7) is 4.50. The van der Waals surface area contributed by atoms with Crippen molar-refractivity contribution < 1.29 is 14.3 Å². The van der Waals surface area contributed by atoms with Crippen LogP contribution in [0.15, 0.2) is 65.2 Å². The fourth-order valence-corrected chi connectivity index (χ4v) is 3.99. The van der Waals surface area contributed by atoms with Gasteiger partial charge in [-0.3, -0.25) is 14.5 Å². The first kappa shape index (κ1) is 20.5. The Morgan fingerprint density at radius 3 is 2.52 bits per heavy atom. The lowest BCUT2D eigenvalue weighted by atomic mass is 10.2. The number of hydrogen-bond donors (Lipinski definition) is 1. The zero-order valence-electron chi connectivity index (χ0n) is 16.2. The van der Waals surface area contributed by atoms with E-state index in [1.165, 1.54) is 16.7 Å². The molecule has 1 N–H and O–H groups in total. The van der Waals surface area contributed by atoms with E-state index in [0.29, 0.717) is 29.6 Å². The van der Waals surface area contributed by atoms with Crippen LogP contribution in [-0.2, 0) is 16.1 Å². The number of benzene rings is 2. The van der Waals surface area contributed by atoms with Crippen molar-refractivity contribution in [3.63, 3.8) is 0 Å². The van der Waals surface area contributed by atoms with Gasteiger partial charge in [0.15, 0.2) is 0 Å². The quantitative estimate of drug-likeness (QED) is 0.584. The number of anilines is 1. The standard InChI is InChI=1S/C22H21N3O3S/c1-3-28-18-11-9-17(10-12-18)25-21(27)15(2)29-22(25)19(13-23)20(26)24-14-16-7-5-4-6-8-16/h4-12,15H,3,14H2,1-2H3,(H,24,26)/b22-19-. The molecule has 0 saturated carbocycles. The minimum atomic E-state index is -0.503. The van der Waals surface area contributed by atoms with Gasteiger partial charge in [0.05, 0.1) is 11.9 Å². The molecular weight excluding hydrogens is 386 g/mol. The summed E-state index contributed by atoms with van der Waals surface area (Å²) in [4.78, 5) is 26.9. The molecule has 0 bridgehead atoms. The van der Waals surface area contributed by atoms with E-state index in [4.69, 9.17) is 4.74 Å². The number of rotatable bonds is 6. The zero-order chi connectivity index (χ0) is 20.8. The summed E-state index contributed by atoms with van der Waals surface area (Å²) in [7, 11) is 0. The third-order valence-electron chi connectivity index (χ3n) is 4.31. The summed E-state index contributed by atoms with van der Waals surface area (Å²) in [5.74, 6) is 0.0182. The number of thioether (sulfide) groups is 1. The number of carbonyl (C=O) groups is 2. The van der Waals surface area contributed by atoms with E-state index in [1.807, 2.05) is 43.3 Å². The molecule has 2 aromatic rings. The number of nitriles is 1. The van der Waals surface area contributed by atoms with Gasteiger partial charge in [-0.1, -0.05) is 42.1 Å². The minimum absolute atomic E-state index is 0.0717. The predicted molar refractivity (Wildman–Crippen MR) is 113 cm³/mol. The zero-order valence-corrected chi connectivity index (χ0v) is 17.0. The van der Waals surface area contributed by atoms with E-state index in [9.17, 15) is 14.9 Å². The van der Waals surface area contributed by atoms with Gasteiger partial charge in [0.25, 0.3) is 5.91 Å². The second kappa shape index (κ2) is 9.30. The molecule has 1 aliphatic rings. The second-order valence-electron chi connectivity index (χ2n) is 6.32. The van der Waals surface area contributed by atoms with Crippen LogP contribution in [0.2, 0.25) is 0 Å². The Morgan fingerprint density at radius 1 is 1.21 bits per heavy atom. The lowest BCUT2D eigenvalue weighted by molar-refractivity contribution is -0.117. The smallest absolute Gasteiger partial charge is 0.264 e. The van der Waals surface area contributed by atoms with Crippen LogP contribution in [0.5, 0.6) is 5.75 Å². The highest BCUT2D eigenvalue weighted by Gasteiger charge is 2.38. The summed E-state index contributed by atoms with van der Waals surface area (Å²) in [5, 5.41) is 12.4. The van der Waals surface area contributed by atoms with Gasteiger partial charge in [0.1, 0.15) is 22.4 Å². The second-order valence-corrected chi connectivity index (χ2v) is 7.65. The van der Waals surface area contributed by atoms with Crippen LogP contribution in [-0.4, -0.2) is 23.7 Å². The van der Waals surface area contributed by atoms with E-state index >= 15 is 0 Å². The molecule has 1 aliphatic heterocycles. The highest BCUT2D eigenvalue weighted by atomic mass is 32.2. The highest BCUT2D eigenvalue weighted by Crippen LogP contribution is 2.40. The summed E-state index contributed by atoms with van der Waals surface area (Å²) in [6, 6.07) is 18.4. The van der Waals surface area contributed by atoms with Gasteiger partial charge < -0.3 is 10.1 Å². The molecule has 2 amide bonds. The maximum atomic E-state index is 12.7. The average molecular weight is 407 g/mol. The Bertz CT molecular complexity index is 965. The van der Waals surface area contributed by atoms with Crippen molar-refractivity contribution in [2.24, 2.45) is 0 Å². The van der Waals surface area contributed by atoms with Gasteiger partial charge in [0, 0.05) is 12.2 Å². The molecule has 1 unspecified atom stereocenters. The molecule has 2 aromatic carbocycles. The first-order valence-electron chi connectivity index (χ1n) is 9.25. The molecule has 148 valence electrons. The molecule has 1 fully saturated rings. The lowest BCUT2D eigenvalue weighted by Gasteiger charge is -2.19. The number of nitrogens with zero attached hydrogens (tertiary/aromatic N) is 2. The van der Waals surface area contributed by atoms with Gasteiger partial charge in [-0.15, -0.1) is 0 Å². The molecule has 1 atom stereocenters. The van der Waals surface area contributed by atoms with Crippen molar-refractivity contribution in [3.8, 4) is 11.8 Å². The Kier molecular flexibility index (Phi) is 6.57. The van der Waals surface area contributed by atoms with Crippen molar-refractivity contribution in [2.75, 3.05) is 11.5 Å². The molecular formula is C22H21N3O3S. The molecule has 0 aliphatic carbocycles. The maximum absolute atomic E-state index is 12.7. The average Bonchev–Trinajstić information content (AvgIpc) is 3.03. The summed E-state index contributed by atoms with van der Waals surface area (Å²) >= 11 is 1.22. The van der Waals surface area contributed by atoms with Crippen molar-refractivity contribution in [2.45, 2.75) is 25.6 Å². The monoisotopic (exact) mass is 407 g/mol. The van der Waals surface area contributed by atoms with E-state index in [-0.39, 0.29) is 16.7 Å². The van der Waals surface area contributed by atoms with Gasteiger partial charge in [-0.25, -0.2) is 0 Å². The fraction of sp³-hybridized carbons (Fsp3) is 0.227. The number of hydrogen-bond acceptors (Lipinski definition) is 5. The molecule has 7 heteroatoms. The van der Waals surface area contributed by atoms with E-state index in [2.05, 4.69) is 5.32 Å². The first-order valence-corrected chi connectivity index (χ1v) is 10.1. The summed E-state index contributed by atoms with van der Waals surface area (Å²) in [5.41, 5.74) is 1.45.